The van der Waals surface area contributed by atoms with Gasteiger partial charge in [0.15, 0.2) is 0 Å². The summed E-state index contributed by atoms with van der Waals surface area (Å²) >= 11 is 0. The van der Waals surface area contributed by atoms with Gasteiger partial charge in [0, 0.05) is 25.9 Å². The summed E-state index contributed by atoms with van der Waals surface area (Å²) in [5.74, 6) is 0. The Hall–Kier alpha value is -3.60. The highest BCUT2D eigenvalue weighted by Crippen LogP contribution is 2.59. The number of benzene rings is 4. The summed E-state index contributed by atoms with van der Waals surface area (Å²) in [6, 6.07) is 41.3. The van der Waals surface area contributed by atoms with Gasteiger partial charge >= 0.3 is 0 Å². The molecule has 0 aromatic heterocycles. The number of para-hydroxylation sites is 2. The first-order valence-electron chi connectivity index (χ1n) is 13.7. The molecule has 4 aliphatic heterocycles. The Bertz CT molecular complexity index is 1320. The smallest absolute Gasteiger partial charge is 0.146 e. The maximum absolute atomic E-state index is 2.70. The van der Waals surface area contributed by atoms with Gasteiger partial charge in [-0.1, -0.05) is 84.9 Å². The van der Waals surface area contributed by atoms with Crippen molar-refractivity contribution in [1.82, 2.24) is 10.0 Å². The second kappa shape index (κ2) is 8.20. The van der Waals surface area contributed by atoms with E-state index in [4.69, 9.17) is 0 Å². The highest BCUT2D eigenvalue weighted by Gasteiger charge is 2.63. The first-order chi connectivity index (χ1) is 18.3. The largest absolute Gasteiger partial charge is 0.279 e. The van der Waals surface area contributed by atoms with E-state index in [1.165, 1.54) is 33.6 Å². The Morgan fingerprint density at radius 3 is 1.35 bits per heavy atom. The summed E-state index contributed by atoms with van der Waals surface area (Å²) in [7, 11) is 0. The molecule has 0 N–H and O–H groups in total. The summed E-state index contributed by atoms with van der Waals surface area (Å²) in [4.78, 5) is 0. The third kappa shape index (κ3) is 3.09. The molecule has 0 bridgehead atoms. The number of rotatable bonds is 2. The molecule has 1 spiro atoms. The zero-order valence-electron chi connectivity index (χ0n) is 21.1. The molecule has 2 saturated heterocycles. The molecule has 4 nitrogen and oxygen atoms in total. The van der Waals surface area contributed by atoms with E-state index in [0.29, 0.717) is 12.1 Å². The van der Waals surface area contributed by atoms with E-state index in [0.717, 1.165) is 38.8 Å². The van der Waals surface area contributed by atoms with Crippen LogP contribution in [0.1, 0.15) is 47.2 Å². The lowest BCUT2D eigenvalue weighted by Gasteiger charge is -2.49. The van der Waals surface area contributed by atoms with Crippen LogP contribution >= 0.6 is 0 Å². The molecular formula is C33H32N4. The molecule has 4 aromatic carbocycles. The second-order valence-corrected chi connectivity index (χ2v) is 10.9. The molecule has 37 heavy (non-hydrogen) atoms. The molecule has 4 aliphatic rings. The van der Waals surface area contributed by atoms with Crippen LogP contribution in [0.25, 0.3) is 0 Å². The average Bonchev–Trinajstić information content (AvgIpc) is 3.48. The average molecular weight is 485 g/mol. The van der Waals surface area contributed by atoms with Crippen molar-refractivity contribution in [2.75, 3.05) is 23.1 Å². The van der Waals surface area contributed by atoms with Crippen molar-refractivity contribution in [3.05, 3.63) is 131 Å². The van der Waals surface area contributed by atoms with Crippen LogP contribution in [0.3, 0.4) is 0 Å². The van der Waals surface area contributed by atoms with Crippen LogP contribution < -0.4 is 10.0 Å². The van der Waals surface area contributed by atoms with Crippen molar-refractivity contribution in [3.8, 4) is 0 Å². The van der Waals surface area contributed by atoms with Crippen LogP contribution in [0.2, 0.25) is 0 Å². The topological polar surface area (TPSA) is 13.0 Å². The second-order valence-electron chi connectivity index (χ2n) is 10.9. The quantitative estimate of drug-likeness (QED) is 0.321. The van der Waals surface area contributed by atoms with Gasteiger partial charge in [0.25, 0.3) is 0 Å². The monoisotopic (exact) mass is 484 g/mol. The van der Waals surface area contributed by atoms with Crippen molar-refractivity contribution < 1.29 is 0 Å². The predicted molar refractivity (Wildman–Crippen MR) is 149 cm³/mol. The highest BCUT2D eigenvalue weighted by atomic mass is 15.8. The van der Waals surface area contributed by atoms with Crippen LogP contribution in [-0.2, 0) is 12.8 Å². The third-order valence-electron chi connectivity index (χ3n) is 9.11. The number of hydrazine groups is 2. The third-order valence-corrected chi connectivity index (χ3v) is 9.11. The Kier molecular flexibility index (Phi) is 4.76. The SMILES string of the molecule is c1ccc(N2N3CCc4ccccc4[C@H]3CC23C[C@@H]2c4ccccc4CCN2N3c2ccccc2)cc1. The standard InChI is InChI=1S/C33H32N4/c1-3-13-27(14-4-1)36-33(23-31-29-17-9-7-11-25(29)19-21-34(31)36)24-32-30-18-10-8-12-26(30)20-22-35(32)37(33)28-15-5-2-6-16-28/h1-18,31-32H,19-24H2/t31-,32-,33?/m1/s1. The minimum atomic E-state index is -0.188. The first kappa shape index (κ1) is 21.5. The Balaban J connectivity index is 1.35. The van der Waals surface area contributed by atoms with E-state index in [9.17, 15) is 0 Å². The van der Waals surface area contributed by atoms with Gasteiger partial charge in [0.2, 0.25) is 0 Å². The van der Waals surface area contributed by atoms with Crippen molar-refractivity contribution in [1.29, 1.82) is 0 Å². The van der Waals surface area contributed by atoms with E-state index in [1.54, 1.807) is 0 Å². The predicted octanol–water partition coefficient (Wildman–Crippen LogP) is 6.53. The first-order valence-corrected chi connectivity index (χ1v) is 13.7. The summed E-state index contributed by atoms with van der Waals surface area (Å²) < 4.78 is 0. The highest BCUT2D eigenvalue weighted by molar-refractivity contribution is 5.60. The summed E-state index contributed by atoms with van der Waals surface area (Å²) in [5, 5.41) is 10.8. The molecule has 0 saturated carbocycles. The molecule has 2 atom stereocenters. The van der Waals surface area contributed by atoms with Crippen LogP contribution in [0, 0.1) is 0 Å². The number of hydrogen-bond donors (Lipinski definition) is 0. The summed E-state index contributed by atoms with van der Waals surface area (Å²) in [6.07, 6.45) is 4.33. The van der Waals surface area contributed by atoms with Gasteiger partial charge in [-0.2, -0.15) is 0 Å². The fourth-order valence-electron chi connectivity index (χ4n) is 7.72. The van der Waals surface area contributed by atoms with Crippen LogP contribution in [-0.4, -0.2) is 28.8 Å². The molecule has 4 heterocycles. The fraction of sp³-hybridized carbons (Fsp3) is 0.273. The lowest BCUT2D eigenvalue weighted by Crippen LogP contribution is -2.61. The maximum atomic E-state index is 2.70. The lowest BCUT2D eigenvalue weighted by atomic mass is 9.85. The number of nitrogens with zero attached hydrogens (tertiary/aromatic N) is 4. The number of hydrogen-bond acceptors (Lipinski definition) is 4. The van der Waals surface area contributed by atoms with Gasteiger partial charge in [-0.25, -0.2) is 10.0 Å². The van der Waals surface area contributed by atoms with Crippen molar-refractivity contribution in [2.45, 2.75) is 43.4 Å². The zero-order chi connectivity index (χ0) is 24.4. The van der Waals surface area contributed by atoms with Crippen LogP contribution in [0.5, 0.6) is 0 Å². The number of fused-ring (bicyclic) bond motifs is 6. The Labute approximate surface area is 219 Å². The van der Waals surface area contributed by atoms with E-state index >= 15 is 0 Å². The van der Waals surface area contributed by atoms with Gasteiger partial charge in [0.1, 0.15) is 5.66 Å². The molecule has 2 fully saturated rings. The minimum Gasteiger partial charge on any atom is -0.279 e. The molecule has 4 aromatic rings. The molecule has 184 valence electrons. The number of anilines is 2. The fourth-order valence-corrected chi connectivity index (χ4v) is 7.72. The molecular weight excluding hydrogens is 452 g/mol. The van der Waals surface area contributed by atoms with Crippen LogP contribution in [0.15, 0.2) is 109 Å². The lowest BCUT2D eigenvalue weighted by molar-refractivity contribution is 0.192. The van der Waals surface area contributed by atoms with E-state index in [1.807, 2.05) is 0 Å². The normalized spacial score (nSPS) is 24.0. The Morgan fingerprint density at radius 2 is 0.892 bits per heavy atom. The Morgan fingerprint density at radius 1 is 0.486 bits per heavy atom. The summed E-state index contributed by atoms with van der Waals surface area (Å²) in [5.41, 5.74) is 8.43. The van der Waals surface area contributed by atoms with E-state index < -0.39 is 0 Å². The van der Waals surface area contributed by atoms with Gasteiger partial charge in [-0.15, -0.1) is 0 Å². The summed E-state index contributed by atoms with van der Waals surface area (Å²) in [6.45, 7) is 2.09. The molecule has 0 unspecified atom stereocenters. The minimum absolute atomic E-state index is 0.188. The van der Waals surface area contributed by atoms with Gasteiger partial charge in [-0.3, -0.25) is 10.0 Å². The molecule has 0 aliphatic carbocycles. The molecule has 8 rings (SSSR count). The molecule has 0 amide bonds. The zero-order valence-corrected chi connectivity index (χ0v) is 21.1. The van der Waals surface area contributed by atoms with Crippen LogP contribution in [0.4, 0.5) is 11.4 Å². The van der Waals surface area contributed by atoms with Gasteiger partial charge in [0.05, 0.1) is 23.5 Å². The van der Waals surface area contributed by atoms with Crippen molar-refractivity contribution in [3.63, 3.8) is 0 Å². The van der Waals surface area contributed by atoms with Gasteiger partial charge < -0.3 is 0 Å². The maximum Gasteiger partial charge on any atom is 0.146 e. The molecule has 4 heteroatoms. The van der Waals surface area contributed by atoms with Gasteiger partial charge in [-0.05, 0) is 59.4 Å². The van der Waals surface area contributed by atoms with E-state index in [-0.39, 0.29) is 5.66 Å². The van der Waals surface area contributed by atoms with Crippen molar-refractivity contribution >= 4 is 11.4 Å². The molecule has 0 radical (unpaired) electrons. The van der Waals surface area contributed by atoms with Crippen molar-refractivity contribution in [2.24, 2.45) is 0 Å². The van der Waals surface area contributed by atoms with E-state index in [2.05, 4.69) is 129 Å².